The van der Waals surface area contributed by atoms with E-state index >= 15 is 0 Å². The van der Waals surface area contributed by atoms with Gasteiger partial charge in [-0.1, -0.05) is 36.4 Å². The standard InChI is InChI=1S/C18H21NO3S/c1-22-15-9-8-14-18(20)19-23(21,16-10-4-2-5-11-16)17-12-6-3-7-13-17/h2-7,10-13H,8-9,14-15H2,1H3. The molecule has 0 aliphatic carbocycles. The van der Waals surface area contributed by atoms with Gasteiger partial charge in [0, 0.05) is 20.1 Å². The average molecular weight is 331 g/mol. The zero-order valence-corrected chi connectivity index (χ0v) is 14.0. The van der Waals surface area contributed by atoms with Gasteiger partial charge in [0.2, 0.25) is 0 Å². The van der Waals surface area contributed by atoms with Crippen LogP contribution in [0, 0.1) is 0 Å². The Morgan fingerprint density at radius 3 is 1.96 bits per heavy atom. The number of unbranched alkanes of at least 4 members (excludes halogenated alkanes) is 1. The summed E-state index contributed by atoms with van der Waals surface area (Å²) in [5.74, 6) is -0.334. The molecular formula is C18H21NO3S. The molecule has 0 aliphatic rings. The molecule has 0 radical (unpaired) electrons. The van der Waals surface area contributed by atoms with Crippen LogP contribution in [0.25, 0.3) is 0 Å². The highest BCUT2D eigenvalue weighted by molar-refractivity contribution is 7.94. The summed E-state index contributed by atoms with van der Waals surface area (Å²) in [4.78, 5) is 13.3. The minimum atomic E-state index is -2.94. The molecule has 1 amide bonds. The number of amides is 1. The van der Waals surface area contributed by atoms with Crippen LogP contribution in [-0.2, 0) is 19.3 Å². The summed E-state index contributed by atoms with van der Waals surface area (Å²) in [5, 5.41) is 0. The van der Waals surface area contributed by atoms with E-state index in [1.807, 2.05) is 12.1 Å². The molecule has 0 bridgehead atoms. The van der Waals surface area contributed by atoms with Crippen molar-refractivity contribution in [1.29, 1.82) is 0 Å². The van der Waals surface area contributed by atoms with Gasteiger partial charge in [0.25, 0.3) is 5.91 Å². The molecule has 0 heterocycles. The molecule has 0 aliphatic heterocycles. The third kappa shape index (κ3) is 4.74. The van der Waals surface area contributed by atoms with Gasteiger partial charge in [-0.15, -0.1) is 0 Å². The first-order valence-corrected chi connectivity index (χ1v) is 9.07. The molecule has 2 rings (SSSR count). The van der Waals surface area contributed by atoms with Crippen LogP contribution in [0.15, 0.2) is 74.8 Å². The predicted molar refractivity (Wildman–Crippen MR) is 90.7 cm³/mol. The van der Waals surface area contributed by atoms with Crippen molar-refractivity contribution in [2.45, 2.75) is 29.1 Å². The quantitative estimate of drug-likeness (QED) is 0.723. The number of hydrogen-bond donors (Lipinski definition) is 0. The number of carbonyl (C=O) groups is 1. The molecule has 4 nitrogen and oxygen atoms in total. The largest absolute Gasteiger partial charge is 0.385 e. The Morgan fingerprint density at radius 1 is 0.957 bits per heavy atom. The minimum Gasteiger partial charge on any atom is -0.385 e. The van der Waals surface area contributed by atoms with Crippen LogP contribution in [-0.4, -0.2) is 23.8 Å². The van der Waals surface area contributed by atoms with Crippen molar-refractivity contribution in [3.8, 4) is 0 Å². The van der Waals surface area contributed by atoms with Gasteiger partial charge in [-0.25, -0.2) is 4.21 Å². The number of methoxy groups -OCH3 is 1. The van der Waals surface area contributed by atoms with Crippen LogP contribution in [0.3, 0.4) is 0 Å². The van der Waals surface area contributed by atoms with Gasteiger partial charge in [-0.05, 0) is 37.1 Å². The van der Waals surface area contributed by atoms with E-state index in [0.29, 0.717) is 22.8 Å². The lowest BCUT2D eigenvalue weighted by Gasteiger charge is -2.10. The van der Waals surface area contributed by atoms with E-state index in [0.717, 1.165) is 6.42 Å². The fourth-order valence-electron chi connectivity index (χ4n) is 2.16. The highest BCUT2D eigenvalue weighted by Crippen LogP contribution is 2.23. The lowest BCUT2D eigenvalue weighted by Crippen LogP contribution is -2.06. The third-order valence-corrected chi connectivity index (χ3v) is 5.63. The highest BCUT2D eigenvalue weighted by Gasteiger charge is 2.17. The van der Waals surface area contributed by atoms with Crippen LogP contribution in [0.2, 0.25) is 0 Å². The molecule has 23 heavy (non-hydrogen) atoms. The lowest BCUT2D eigenvalue weighted by molar-refractivity contribution is -0.117. The van der Waals surface area contributed by atoms with Crippen LogP contribution < -0.4 is 0 Å². The maximum absolute atomic E-state index is 13.5. The average Bonchev–Trinajstić information content (AvgIpc) is 2.60. The molecule has 0 saturated carbocycles. The summed E-state index contributed by atoms with van der Waals surface area (Å²) in [5.41, 5.74) is 0. The van der Waals surface area contributed by atoms with Gasteiger partial charge >= 0.3 is 0 Å². The van der Waals surface area contributed by atoms with Gasteiger partial charge in [0.1, 0.15) is 9.73 Å². The summed E-state index contributed by atoms with van der Waals surface area (Å²) >= 11 is 0. The van der Waals surface area contributed by atoms with E-state index in [1.54, 1.807) is 55.6 Å². The van der Waals surface area contributed by atoms with E-state index < -0.39 is 9.73 Å². The summed E-state index contributed by atoms with van der Waals surface area (Å²) in [7, 11) is -1.32. The second-order valence-electron chi connectivity index (χ2n) is 5.09. The molecule has 0 atom stereocenters. The van der Waals surface area contributed by atoms with Gasteiger partial charge in [0.15, 0.2) is 0 Å². The zero-order valence-electron chi connectivity index (χ0n) is 13.2. The smallest absolute Gasteiger partial charge is 0.254 e. The lowest BCUT2D eigenvalue weighted by atomic mass is 10.2. The van der Waals surface area contributed by atoms with Gasteiger partial charge in [-0.2, -0.15) is 4.36 Å². The first-order chi connectivity index (χ1) is 11.2. The molecule has 0 N–H and O–H groups in total. The summed E-state index contributed by atoms with van der Waals surface area (Å²) < 4.78 is 22.5. The van der Waals surface area contributed by atoms with E-state index in [9.17, 15) is 9.00 Å². The first-order valence-electron chi connectivity index (χ1n) is 7.56. The van der Waals surface area contributed by atoms with Crippen molar-refractivity contribution in [3.05, 3.63) is 60.7 Å². The van der Waals surface area contributed by atoms with Crippen molar-refractivity contribution in [1.82, 2.24) is 0 Å². The molecule has 5 heteroatoms. The van der Waals surface area contributed by atoms with E-state index in [4.69, 9.17) is 4.74 Å². The molecule has 0 aromatic heterocycles. The van der Waals surface area contributed by atoms with Gasteiger partial charge in [-0.3, -0.25) is 4.79 Å². The molecule has 2 aromatic carbocycles. The third-order valence-electron chi connectivity index (χ3n) is 3.34. The maximum atomic E-state index is 13.5. The van der Waals surface area contributed by atoms with E-state index in [2.05, 4.69) is 4.36 Å². The van der Waals surface area contributed by atoms with Crippen molar-refractivity contribution in [2.75, 3.05) is 13.7 Å². The number of rotatable bonds is 7. The summed E-state index contributed by atoms with van der Waals surface area (Å²) in [6.07, 6.45) is 1.74. The van der Waals surface area contributed by atoms with Crippen LogP contribution >= 0.6 is 0 Å². The Bertz CT molecular complexity index is 690. The van der Waals surface area contributed by atoms with Crippen LogP contribution in [0.4, 0.5) is 0 Å². The van der Waals surface area contributed by atoms with Gasteiger partial charge in [0.05, 0.1) is 9.79 Å². The topological polar surface area (TPSA) is 55.7 Å². The fourth-order valence-corrected chi connectivity index (χ4v) is 4.08. The molecular weight excluding hydrogens is 310 g/mol. The second-order valence-corrected chi connectivity index (χ2v) is 7.26. The van der Waals surface area contributed by atoms with E-state index in [-0.39, 0.29) is 12.3 Å². The minimum absolute atomic E-state index is 0.278. The Kier molecular flexibility index (Phi) is 6.50. The maximum Gasteiger partial charge on any atom is 0.254 e. The van der Waals surface area contributed by atoms with Crippen molar-refractivity contribution >= 4 is 15.6 Å². The zero-order chi connectivity index (χ0) is 16.5. The number of carbonyl (C=O) groups excluding carboxylic acids is 1. The highest BCUT2D eigenvalue weighted by atomic mass is 32.2. The SMILES string of the molecule is COCCCCC(=O)N=S(=O)(c1ccccc1)c1ccccc1. The molecule has 0 unspecified atom stereocenters. The van der Waals surface area contributed by atoms with E-state index in [1.165, 1.54) is 0 Å². The molecule has 0 fully saturated rings. The van der Waals surface area contributed by atoms with Crippen molar-refractivity contribution in [2.24, 2.45) is 4.36 Å². The predicted octanol–water partition coefficient (Wildman–Crippen LogP) is 3.92. The number of hydrogen-bond acceptors (Lipinski definition) is 3. The Balaban J connectivity index is 2.34. The monoisotopic (exact) mass is 331 g/mol. The van der Waals surface area contributed by atoms with Crippen molar-refractivity contribution < 1.29 is 13.7 Å². The van der Waals surface area contributed by atoms with Crippen LogP contribution in [0.1, 0.15) is 19.3 Å². The molecule has 0 spiro atoms. The normalized spacial score (nSPS) is 11.2. The van der Waals surface area contributed by atoms with Crippen LogP contribution in [0.5, 0.6) is 0 Å². The number of ether oxygens (including phenoxy) is 1. The Morgan fingerprint density at radius 2 is 1.48 bits per heavy atom. The number of benzene rings is 2. The molecule has 2 aromatic rings. The molecule has 122 valence electrons. The summed E-state index contributed by atoms with van der Waals surface area (Å²) in [6.45, 7) is 0.611. The first kappa shape index (κ1) is 17.4. The number of nitrogens with zero attached hydrogens (tertiary/aromatic N) is 1. The molecule has 0 saturated heterocycles. The summed E-state index contributed by atoms with van der Waals surface area (Å²) in [6, 6.07) is 17.9. The Hall–Kier alpha value is -1.98. The Labute approximate surface area is 137 Å². The van der Waals surface area contributed by atoms with Crippen molar-refractivity contribution in [3.63, 3.8) is 0 Å². The fraction of sp³-hybridized carbons (Fsp3) is 0.278. The van der Waals surface area contributed by atoms with Gasteiger partial charge < -0.3 is 4.74 Å². The second kappa shape index (κ2) is 8.60.